The van der Waals surface area contributed by atoms with Crippen molar-refractivity contribution in [2.45, 2.75) is 0 Å². The molecule has 0 saturated carbocycles. The van der Waals surface area contributed by atoms with Gasteiger partial charge in [-0.25, -0.2) is 0 Å². The van der Waals surface area contributed by atoms with E-state index in [-0.39, 0.29) is 11.1 Å². The standard InChI is InChI=1S/C7H6N2O/c1-9-4-2-3-6(5-8)7(9)10/h2-4H,1H3. The second kappa shape index (κ2) is 2.36. The van der Waals surface area contributed by atoms with E-state index in [0.29, 0.717) is 0 Å². The first-order valence-corrected chi connectivity index (χ1v) is 2.81. The van der Waals surface area contributed by atoms with Crippen molar-refractivity contribution in [3.05, 3.63) is 34.2 Å². The zero-order valence-electron chi connectivity index (χ0n) is 5.53. The lowest BCUT2D eigenvalue weighted by atomic mass is 10.3. The van der Waals surface area contributed by atoms with Gasteiger partial charge in [0.2, 0.25) is 0 Å². The summed E-state index contributed by atoms with van der Waals surface area (Å²) in [6.45, 7) is 0. The topological polar surface area (TPSA) is 45.8 Å². The van der Waals surface area contributed by atoms with Crippen molar-refractivity contribution >= 4 is 0 Å². The second-order valence-electron chi connectivity index (χ2n) is 1.95. The SMILES string of the molecule is Cn1cccc(C#N)c1=O. The van der Waals surface area contributed by atoms with Crippen LogP contribution in [0.2, 0.25) is 0 Å². The van der Waals surface area contributed by atoms with Gasteiger partial charge in [-0.1, -0.05) is 0 Å². The lowest BCUT2D eigenvalue weighted by molar-refractivity contribution is 0.855. The quantitative estimate of drug-likeness (QED) is 0.510. The molecule has 10 heavy (non-hydrogen) atoms. The fourth-order valence-corrected chi connectivity index (χ4v) is 0.682. The first kappa shape index (κ1) is 6.56. The molecular weight excluding hydrogens is 128 g/mol. The lowest BCUT2D eigenvalue weighted by Gasteiger charge is -1.93. The largest absolute Gasteiger partial charge is 0.317 e. The molecule has 0 aliphatic rings. The summed E-state index contributed by atoms with van der Waals surface area (Å²) in [6.07, 6.45) is 1.61. The van der Waals surface area contributed by atoms with Crippen LogP contribution in [0.15, 0.2) is 23.1 Å². The van der Waals surface area contributed by atoms with Crippen LogP contribution in [-0.2, 0) is 7.05 Å². The fraction of sp³-hybridized carbons (Fsp3) is 0.143. The number of rotatable bonds is 0. The Bertz CT molecular complexity index is 332. The van der Waals surface area contributed by atoms with Gasteiger partial charge in [0.05, 0.1) is 0 Å². The summed E-state index contributed by atoms with van der Waals surface area (Å²) in [5.74, 6) is 0. The van der Waals surface area contributed by atoms with Crippen LogP contribution in [-0.4, -0.2) is 4.57 Å². The maximum Gasteiger partial charge on any atom is 0.268 e. The van der Waals surface area contributed by atoms with Gasteiger partial charge in [-0.2, -0.15) is 5.26 Å². The second-order valence-corrected chi connectivity index (χ2v) is 1.95. The Morgan fingerprint density at radius 2 is 2.40 bits per heavy atom. The van der Waals surface area contributed by atoms with Crippen LogP contribution in [0.5, 0.6) is 0 Å². The van der Waals surface area contributed by atoms with Gasteiger partial charge in [0.1, 0.15) is 11.6 Å². The summed E-state index contributed by atoms with van der Waals surface area (Å²) >= 11 is 0. The predicted octanol–water partition coefficient (Wildman–Crippen LogP) is 0.257. The summed E-state index contributed by atoms with van der Waals surface area (Å²) in [6, 6.07) is 4.97. The van der Waals surface area contributed by atoms with Gasteiger partial charge in [-0.15, -0.1) is 0 Å². The Morgan fingerprint density at radius 1 is 1.70 bits per heavy atom. The van der Waals surface area contributed by atoms with Gasteiger partial charge in [-0.05, 0) is 12.1 Å². The molecule has 0 aromatic carbocycles. The normalized spacial score (nSPS) is 8.80. The van der Waals surface area contributed by atoms with Gasteiger partial charge in [0.15, 0.2) is 0 Å². The van der Waals surface area contributed by atoms with Crippen molar-refractivity contribution in [1.82, 2.24) is 4.57 Å². The van der Waals surface area contributed by atoms with Crippen molar-refractivity contribution in [2.75, 3.05) is 0 Å². The Kier molecular flexibility index (Phi) is 1.55. The van der Waals surface area contributed by atoms with E-state index in [1.54, 1.807) is 25.4 Å². The summed E-state index contributed by atoms with van der Waals surface area (Å²) in [4.78, 5) is 10.9. The van der Waals surface area contributed by atoms with Crippen molar-refractivity contribution in [3.63, 3.8) is 0 Å². The van der Waals surface area contributed by atoms with Crippen LogP contribution in [0.1, 0.15) is 5.56 Å². The molecule has 0 atom stereocenters. The molecule has 0 spiro atoms. The first-order valence-electron chi connectivity index (χ1n) is 2.81. The summed E-state index contributed by atoms with van der Waals surface area (Å²) < 4.78 is 1.37. The van der Waals surface area contributed by atoms with Crippen LogP contribution in [0.3, 0.4) is 0 Å². The van der Waals surface area contributed by atoms with E-state index in [2.05, 4.69) is 0 Å². The average molecular weight is 134 g/mol. The number of nitrogens with zero attached hydrogens (tertiary/aromatic N) is 2. The third-order valence-corrected chi connectivity index (χ3v) is 1.24. The summed E-state index contributed by atoms with van der Waals surface area (Å²) in [7, 11) is 1.61. The van der Waals surface area contributed by atoms with Crippen LogP contribution in [0, 0.1) is 11.3 Å². The summed E-state index contributed by atoms with van der Waals surface area (Å²) in [5.41, 5.74) is -0.0602. The summed E-state index contributed by atoms with van der Waals surface area (Å²) in [5, 5.41) is 8.38. The van der Waals surface area contributed by atoms with E-state index in [1.807, 2.05) is 0 Å². The van der Waals surface area contributed by atoms with Crippen molar-refractivity contribution in [2.24, 2.45) is 7.05 Å². The molecule has 1 rings (SSSR count). The molecule has 0 amide bonds. The molecule has 0 aliphatic carbocycles. The molecule has 1 aromatic heterocycles. The van der Waals surface area contributed by atoms with Crippen molar-refractivity contribution < 1.29 is 0 Å². The highest BCUT2D eigenvalue weighted by molar-refractivity contribution is 5.24. The Labute approximate surface area is 58.1 Å². The Balaban J connectivity index is 3.47. The molecule has 3 heteroatoms. The van der Waals surface area contributed by atoms with E-state index in [0.717, 1.165) is 0 Å². The minimum absolute atomic E-state index is 0.185. The Hall–Kier alpha value is -1.56. The highest BCUT2D eigenvalue weighted by Crippen LogP contribution is 1.85. The maximum absolute atomic E-state index is 10.9. The van der Waals surface area contributed by atoms with Gasteiger partial charge in [0, 0.05) is 13.2 Å². The van der Waals surface area contributed by atoms with Crippen LogP contribution < -0.4 is 5.56 Å². The number of pyridine rings is 1. The number of nitriles is 1. The van der Waals surface area contributed by atoms with E-state index in [4.69, 9.17) is 5.26 Å². The lowest BCUT2D eigenvalue weighted by Crippen LogP contribution is -2.17. The molecule has 0 unspecified atom stereocenters. The Morgan fingerprint density at radius 3 is 2.90 bits per heavy atom. The van der Waals surface area contributed by atoms with Gasteiger partial charge >= 0.3 is 0 Å². The van der Waals surface area contributed by atoms with Crippen molar-refractivity contribution in [3.8, 4) is 6.07 Å². The number of hydrogen-bond donors (Lipinski definition) is 0. The zero-order chi connectivity index (χ0) is 7.56. The first-order chi connectivity index (χ1) is 4.75. The van der Waals surface area contributed by atoms with Gasteiger partial charge in [-0.3, -0.25) is 4.79 Å². The molecule has 3 nitrogen and oxygen atoms in total. The molecule has 0 radical (unpaired) electrons. The molecule has 1 aromatic rings. The molecule has 0 saturated heterocycles. The predicted molar refractivity (Wildman–Crippen MR) is 36.4 cm³/mol. The minimum atomic E-state index is -0.245. The zero-order valence-corrected chi connectivity index (χ0v) is 5.53. The van der Waals surface area contributed by atoms with E-state index >= 15 is 0 Å². The highest BCUT2D eigenvalue weighted by atomic mass is 16.1. The fourth-order valence-electron chi connectivity index (χ4n) is 0.682. The molecule has 1 heterocycles. The molecule has 0 N–H and O–H groups in total. The van der Waals surface area contributed by atoms with E-state index < -0.39 is 0 Å². The average Bonchev–Trinajstić information content (AvgIpc) is 1.95. The maximum atomic E-state index is 10.9. The number of aromatic nitrogens is 1. The van der Waals surface area contributed by atoms with Crippen molar-refractivity contribution in [1.29, 1.82) is 5.26 Å². The third-order valence-electron chi connectivity index (χ3n) is 1.24. The smallest absolute Gasteiger partial charge is 0.268 e. The van der Waals surface area contributed by atoms with Gasteiger partial charge in [0.25, 0.3) is 5.56 Å². The highest BCUT2D eigenvalue weighted by Gasteiger charge is 1.95. The van der Waals surface area contributed by atoms with E-state index in [9.17, 15) is 4.79 Å². The van der Waals surface area contributed by atoms with Gasteiger partial charge < -0.3 is 4.57 Å². The minimum Gasteiger partial charge on any atom is -0.317 e. The molecule has 0 bridgehead atoms. The van der Waals surface area contributed by atoms with Crippen LogP contribution >= 0.6 is 0 Å². The monoisotopic (exact) mass is 134 g/mol. The van der Waals surface area contributed by atoms with Crippen LogP contribution in [0.25, 0.3) is 0 Å². The molecule has 50 valence electrons. The molecule has 0 fully saturated rings. The van der Waals surface area contributed by atoms with E-state index in [1.165, 1.54) is 10.6 Å². The van der Waals surface area contributed by atoms with Crippen LogP contribution in [0.4, 0.5) is 0 Å². The third kappa shape index (κ3) is 0.914. The number of aryl methyl sites for hydroxylation is 1. The number of hydrogen-bond acceptors (Lipinski definition) is 2. The molecule has 0 aliphatic heterocycles. The molecular formula is C7H6N2O.